The number of ether oxygens (including phenoxy) is 1. The highest BCUT2D eigenvalue weighted by molar-refractivity contribution is 7.98. The van der Waals surface area contributed by atoms with Crippen LogP contribution in [0.2, 0.25) is 0 Å². The molecule has 0 fully saturated rings. The number of thioether (sulfide) groups is 1. The van der Waals surface area contributed by atoms with Gasteiger partial charge in [-0.25, -0.2) is 0 Å². The Morgan fingerprint density at radius 2 is 2.47 bits per heavy atom. The molecular formula is C11H13N3O3S2. The molecule has 0 bridgehead atoms. The first-order valence-corrected chi connectivity index (χ1v) is 7.51. The van der Waals surface area contributed by atoms with Crippen molar-refractivity contribution < 1.29 is 13.9 Å². The summed E-state index contributed by atoms with van der Waals surface area (Å²) < 4.78 is 10.0. The van der Waals surface area contributed by atoms with E-state index >= 15 is 0 Å². The molecule has 0 aliphatic carbocycles. The summed E-state index contributed by atoms with van der Waals surface area (Å²) in [6, 6.07) is 3.21. The zero-order valence-electron chi connectivity index (χ0n) is 10.2. The number of thiophene rings is 1. The van der Waals surface area contributed by atoms with E-state index in [2.05, 4.69) is 14.9 Å². The lowest BCUT2D eigenvalue weighted by Crippen LogP contribution is -2.33. The minimum absolute atomic E-state index is 0.419. The molecule has 102 valence electrons. The number of carbonyl (C=O) groups is 1. The Balaban J connectivity index is 1.83. The maximum absolute atomic E-state index is 11.1. The number of methoxy groups -OCH3 is 1. The average molecular weight is 299 g/mol. The maximum Gasteiger partial charge on any atom is 0.323 e. The lowest BCUT2D eigenvalue weighted by Gasteiger charge is -2.06. The van der Waals surface area contributed by atoms with E-state index in [-0.39, 0.29) is 0 Å². The number of hydrogen-bond donors (Lipinski definition) is 1. The van der Waals surface area contributed by atoms with Crippen LogP contribution in [0.15, 0.2) is 21.9 Å². The highest BCUT2D eigenvalue weighted by Crippen LogP contribution is 2.24. The van der Waals surface area contributed by atoms with Gasteiger partial charge in [0, 0.05) is 5.75 Å². The van der Waals surface area contributed by atoms with Crippen molar-refractivity contribution in [2.75, 3.05) is 12.9 Å². The zero-order chi connectivity index (χ0) is 13.7. The van der Waals surface area contributed by atoms with Crippen molar-refractivity contribution in [3.8, 4) is 10.8 Å². The molecule has 6 nitrogen and oxygen atoms in total. The summed E-state index contributed by atoms with van der Waals surface area (Å²) in [7, 11) is 1.32. The third-order valence-corrected chi connectivity index (χ3v) is 4.13. The van der Waals surface area contributed by atoms with Crippen molar-refractivity contribution in [3.05, 3.63) is 23.4 Å². The second-order valence-electron chi connectivity index (χ2n) is 3.62. The molecule has 2 rings (SSSR count). The van der Waals surface area contributed by atoms with Crippen molar-refractivity contribution in [3.63, 3.8) is 0 Å². The van der Waals surface area contributed by atoms with Gasteiger partial charge in [0.25, 0.3) is 5.89 Å². The van der Waals surface area contributed by atoms with Gasteiger partial charge in [0.2, 0.25) is 5.89 Å². The monoisotopic (exact) mass is 299 g/mol. The Morgan fingerprint density at radius 1 is 1.63 bits per heavy atom. The van der Waals surface area contributed by atoms with Crippen molar-refractivity contribution in [2.24, 2.45) is 5.73 Å². The molecule has 2 heterocycles. The summed E-state index contributed by atoms with van der Waals surface area (Å²) in [6.07, 6.45) is 0. The topological polar surface area (TPSA) is 91.2 Å². The molecular weight excluding hydrogens is 286 g/mol. The fourth-order valence-electron chi connectivity index (χ4n) is 1.30. The van der Waals surface area contributed by atoms with Crippen LogP contribution in [0, 0.1) is 0 Å². The predicted molar refractivity (Wildman–Crippen MR) is 73.8 cm³/mol. The van der Waals surface area contributed by atoms with Gasteiger partial charge in [0.05, 0.1) is 17.7 Å². The second kappa shape index (κ2) is 6.69. The first kappa shape index (κ1) is 14.0. The van der Waals surface area contributed by atoms with Gasteiger partial charge in [-0.1, -0.05) is 6.07 Å². The van der Waals surface area contributed by atoms with E-state index in [1.807, 2.05) is 17.5 Å². The molecule has 0 saturated carbocycles. The molecule has 0 spiro atoms. The van der Waals surface area contributed by atoms with E-state index in [1.54, 1.807) is 11.3 Å². The largest absolute Gasteiger partial charge is 0.468 e. The van der Waals surface area contributed by atoms with Gasteiger partial charge in [-0.15, -0.1) is 33.3 Å². The minimum atomic E-state index is -0.630. The Hall–Kier alpha value is -1.38. The van der Waals surface area contributed by atoms with Crippen LogP contribution in [-0.2, 0) is 15.3 Å². The van der Waals surface area contributed by atoms with Crippen molar-refractivity contribution in [1.82, 2.24) is 10.2 Å². The van der Waals surface area contributed by atoms with Crippen LogP contribution in [0.4, 0.5) is 0 Å². The van der Waals surface area contributed by atoms with Gasteiger partial charge >= 0.3 is 5.97 Å². The molecule has 0 amide bonds. The van der Waals surface area contributed by atoms with Gasteiger partial charge in [-0.05, 0) is 11.4 Å². The lowest BCUT2D eigenvalue weighted by molar-refractivity contribution is -0.141. The average Bonchev–Trinajstić information content (AvgIpc) is 3.07. The van der Waals surface area contributed by atoms with Gasteiger partial charge in [0.15, 0.2) is 0 Å². The third kappa shape index (κ3) is 3.79. The van der Waals surface area contributed by atoms with Crippen molar-refractivity contribution in [1.29, 1.82) is 0 Å². The molecule has 2 N–H and O–H groups in total. The minimum Gasteiger partial charge on any atom is -0.468 e. The summed E-state index contributed by atoms with van der Waals surface area (Å²) in [5, 5.41) is 9.86. The molecule has 19 heavy (non-hydrogen) atoms. The quantitative estimate of drug-likeness (QED) is 0.809. The number of esters is 1. The number of nitrogens with zero attached hydrogens (tertiary/aromatic N) is 2. The van der Waals surface area contributed by atoms with E-state index in [0.29, 0.717) is 23.3 Å². The Labute approximate surface area is 118 Å². The molecule has 1 unspecified atom stereocenters. The van der Waals surface area contributed by atoms with E-state index < -0.39 is 12.0 Å². The molecule has 0 saturated heterocycles. The molecule has 0 aromatic carbocycles. The molecule has 0 radical (unpaired) electrons. The smallest absolute Gasteiger partial charge is 0.323 e. The summed E-state index contributed by atoms with van der Waals surface area (Å²) in [6.45, 7) is 0. The van der Waals surface area contributed by atoms with Crippen LogP contribution < -0.4 is 5.73 Å². The Morgan fingerprint density at radius 3 is 3.16 bits per heavy atom. The number of carbonyl (C=O) groups excluding carboxylic acids is 1. The van der Waals surface area contributed by atoms with Crippen LogP contribution in [0.5, 0.6) is 0 Å². The summed E-state index contributed by atoms with van der Waals surface area (Å²) >= 11 is 2.99. The molecule has 2 aromatic heterocycles. The van der Waals surface area contributed by atoms with Gasteiger partial charge < -0.3 is 14.9 Å². The van der Waals surface area contributed by atoms with Crippen LogP contribution >= 0.6 is 23.1 Å². The standard InChI is InChI=1S/C11H13N3O3S2/c1-16-11(15)7(12)5-18-6-9-13-14-10(17-9)8-3-2-4-19-8/h2-4,7H,5-6,12H2,1H3. The number of hydrogen-bond acceptors (Lipinski definition) is 8. The van der Waals surface area contributed by atoms with Crippen molar-refractivity contribution >= 4 is 29.1 Å². The van der Waals surface area contributed by atoms with Gasteiger partial charge in [-0.3, -0.25) is 4.79 Å². The fourth-order valence-corrected chi connectivity index (χ4v) is 2.75. The number of rotatable bonds is 6. The molecule has 2 aromatic rings. The van der Waals surface area contributed by atoms with Crippen LogP contribution in [0.3, 0.4) is 0 Å². The lowest BCUT2D eigenvalue weighted by atomic mass is 10.4. The summed E-state index contributed by atoms with van der Waals surface area (Å²) in [5.74, 6) is 1.58. The second-order valence-corrected chi connectivity index (χ2v) is 5.60. The van der Waals surface area contributed by atoms with Crippen molar-refractivity contribution in [2.45, 2.75) is 11.8 Å². The number of aromatic nitrogens is 2. The summed E-state index contributed by atoms with van der Waals surface area (Å²) in [4.78, 5) is 12.0. The van der Waals surface area contributed by atoms with E-state index in [4.69, 9.17) is 10.2 Å². The maximum atomic E-state index is 11.1. The highest BCUT2D eigenvalue weighted by Gasteiger charge is 2.15. The van der Waals surface area contributed by atoms with Gasteiger partial charge in [0.1, 0.15) is 6.04 Å². The fraction of sp³-hybridized carbons (Fsp3) is 0.364. The Kier molecular flexibility index (Phi) is 4.94. The Bertz CT molecular complexity index is 527. The van der Waals surface area contributed by atoms with Gasteiger partial charge in [-0.2, -0.15) is 0 Å². The first-order chi connectivity index (χ1) is 9.20. The predicted octanol–water partition coefficient (Wildman–Crippen LogP) is 1.53. The summed E-state index contributed by atoms with van der Waals surface area (Å²) in [5.41, 5.74) is 5.61. The van der Waals surface area contributed by atoms with E-state index in [9.17, 15) is 4.79 Å². The van der Waals surface area contributed by atoms with Crippen LogP contribution in [0.25, 0.3) is 10.8 Å². The van der Waals surface area contributed by atoms with E-state index in [0.717, 1.165) is 4.88 Å². The zero-order valence-corrected chi connectivity index (χ0v) is 11.9. The van der Waals surface area contributed by atoms with Crippen LogP contribution in [-0.4, -0.2) is 35.1 Å². The molecule has 0 aliphatic heterocycles. The number of nitrogens with two attached hydrogens (primary N) is 1. The SMILES string of the molecule is COC(=O)C(N)CSCc1nnc(-c2cccs2)o1. The molecule has 8 heteroatoms. The first-order valence-electron chi connectivity index (χ1n) is 5.48. The molecule has 0 aliphatic rings. The van der Waals surface area contributed by atoms with Crippen LogP contribution in [0.1, 0.15) is 5.89 Å². The molecule has 1 atom stereocenters. The highest BCUT2D eigenvalue weighted by atomic mass is 32.2. The normalized spacial score (nSPS) is 12.3. The third-order valence-electron chi connectivity index (χ3n) is 2.23. The van der Waals surface area contributed by atoms with E-state index in [1.165, 1.54) is 18.9 Å².